The Hall–Kier alpha value is 1.24. The second-order valence-corrected chi connectivity index (χ2v) is 20.2. The molecule has 0 bridgehead atoms. The van der Waals surface area contributed by atoms with Crippen molar-refractivity contribution >= 4 is 77.7 Å². The Morgan fingerprint density at radius 2 is 1.03 bits per heavy atom. The van der Waals surface area contributed by atoms with Crippen molar-refractivity contribution in [2.75, 3.05) is 11.5 Å². The van der Waals surface area contributed by atoms with Gasteiger partial charge in [-0.05, 0) is 0 Å². The van der Waals surface area contributed by atoms with Gasteiger partial charge in [-0.1, -0.05) is 0 Å². The average molecular weight is 674 g/mol. The van der Waals surface area contributed by atoms with Crippen molar-refractivity contribution in [3.63, 3.8) is 0 Å². The standard InChI is InChI=1S/2C10H19O2S.2CH3.2Sn/c2*1-9(2)6-4-3-5-7-13-8-10(11)12;;;;/h2*8-9H,3-7H2,1-2H3,(H,11,12);2*1H3;;. The van der Waals surface area contributed by atoms with Crippen LogP contribution in [0, 0.1) is 11.8 Å². The van der Waals surface area contributed by atoms with Gasteiger partial charge < -0.3 is 0 Å². The second-order valence-electron chi connectivity index (χ2n) is 8.33. The number of hydrogen-bond donors (Lipinski definition) is 2. The molecule has 0 aromatic heterocycles. The molecule has 0 spiro atoms. The van der Waals surface area contributed by atoms with E-state index in [0.717, 1.165) is 49.0 Å². The first-order chi connectivity index (χ1) is 14.1. The summed E-state index contributed by atoms with van der Waals surface area (Å²) in [6, 6.07) is 0. The molecule has 4 nitrogen and oxygen atoms in total. The number of rotatable bonds is 18. The zero-order valence-corrected chi connectivity index (χ0v) is 27.2. The first kappa shape index (κ1) is 33.4. The van der Waals surface area contributed by atoms with Gasteiger partial charge >= 0.3 is 216 Å². The van der Waals surface area contributed by atoms with Gasteiger partial charge in [-0.25, -0.2) is 0 Å². The van der Waals surface area contributed by atoms with Gasteiger partial charge in [-0.15, -0.1) is 0 Å². The molecule has 0 aromatic carbocycles. The van der Waals surface area contributed by atoms with E-state index in [0.29, 0.717) is 0 Å². The number of carboxylic acids is 2. The Kier molecular flexibility index (Phi) is 26.1. The zero-order valence-electron chi connectivity index (χ0n) is 19.9. The van der Waals surface area contributed by atoms with E-state index in [-0.39, 0.29) is 21.1 Å². The predicted octanol–water partition coefficient (Wildman–Crippen LogP) is 6.20. The van der Waals surface area contributed by atoms with Crippen LogP contribution in [0.25, 0.3) is 0 Å². The Morgan fingerprint density at radius 3 is 1.30 bits per heavy atom. The monoisotopic (exact) mass is 676 g/mol. The number of carboxylic acid groups (broad SMARTS) is 2. The Morgan fingerprint density at radius 1 is 0.700 bits per heavy atom. The summed E-state index contributed by atoms with van der Waals surface area (Å²) >= 11 is 1.64. The van der Waals surface area contributed by atoms with E-state index in [1.807, 2.05) is 0 Å². The molecule has 8 heteroatoms. The van der Waals surface area contributed by atoms with Gasteiger partial charge in [0.15, 0.2) is 0 Å². The topological polar surface area (TPSA) is 74.6 Å². The normalized spacial score (nSPS) is 13.1. The molecule has 0 fully saturated rings. The van der Waals surface area contributed by atoms with Crippen LogP contribution < -0.4 is 0 Å². The Labute approximate surface area is 214 Å². The summed E-state index contributed by atoms with van der Waals surface area (Å²) < 4.78 is -0.901. The fraction of sp³-hybridized carbons (Fsp3) is 0.909. The molecule has 0 aromatic rings. The number of thioether (sulfide) groups is 2. The molecule has 0 aliphatic rings. The van der Waals surface area contributed by atoms with Gasteiger partial charge in [0, 0.05) is 0 Å². The summed E-state index contributed by atoms with van der Waals surface area (Å²) in [5, 5.41) is 19.0. The zero-order chi connectivity index (χ0) is 23.4. The van der Waals surface area contributed by atoms with Gasteiger partial charge in [-0.3, -0.25) is 0 Å². The van der Waals surface area contributed by atoms with E-state index < -0.39 is 39.6 Å². The molecule has 0 aliphatic carbocycles. The molecule has 0 saturated carbocycles. The van der Waals surface area contributed by atoms with E-state index in [2.05, 4.69) is 37.6 Å². The van der Waals surface area contributed by atoms with Crippen molar-refractivity contribution in [2.24, 2.45) is 11.8 Å². The molecule has 2 atom stereocenters. The van der Waals surface area contributed by atoms with Crippen molar-refractivity contribution in [2.45, 2.75) is 95.5 Å². The van der Waals surface area contributed by atoms with Gasteiger partial charge in [0.05, 0.1) is 0 Å². The minimum atomic E-state index is -1.56. The summed E-state index contributed by atoms with van der Waals surface area (Å²) in [4.78, 5) is 27.7. The van der Waals surface area contributed by atoms with Crippen molar-refractivity contribution < 1.29 is 19.8 Å². The van der Waals surface area contributed by atoms with E-state index in [1.54, 1.807) is 0 Å². The molecular weight excluding hydrogens is 630 g/mol. The van der Waals surface area contributed by atoms with E-state index in [9.17, 15) is 19.8 Å². The quantitative estimate of drug-likeness (QED) is 0.133. The third kappa shape index (κ3) is 23.9. The number of carbonyl (C=O) groups is 2. The average Bonchev–Trinajstić information content (AvgIpc) is 2.64. The van der Waals surface area contributed by atoms with Gasteiger partial charge in [-0.2, -0.15) is 0 Å². The number of hydrogen-bond acceptors (Lipinski definition) is 4. The molecule has 176 valence electrons. The molecule has 4 radical (unpaired) electrons. The van der Waals surface area contributed by atoms with Crippen molar-refractivity contribution in [1.82, 2.24) is 0 Å². The van der Waals surface area contributed by atoms with Crippen LogP contribution in [-0.4, -0.2) is 82.5 Å². The third-order valence-corrected chi connectivity index (χ3v) is 14.1. The van der Waals surface area contributed by atoms with Gasteiger partial charge in [0.2, 0.25) is 0 Å². The summed E-state index contributed by atoms with van der Waals surface area (Å²) in [5.74, 6) is 1.49. The summed E-state index contributed by atoms with van der Waals surface area (Å²) in [7, 11) is 0. The second kappa shape index (κ2) is 23.4. The molecular formula is C22H44O4S2Sn2. The van der Waals surface area contributed by atoms with E-state index >= 15 is 0 Å². The molecule has 30 heavy (non-hydrogen) atoms. The van der Waals surface area contributed by atoms with Crippen LogP contribution in [0.1, 0.15) is 79.1 Å². The number of aliphatic carboxylic acids is 2. The summed E-state index contributed by atoms with van der Waals surface area (Å²) in [5.41, 5.74) is 0. The minimum absolute atomic E-state index is 0.230. The van der Waals surface area contributed by atoms with Crippen molar-refractivity contribution in [3.05, 3.63) is 0 Å². The maximum atomic E-state index is 11.6. The third-order valence-electron chi connectivity index (χ3n) is 4.17. The first-order valence-corrected chi connectivity index (χ1v) is 22.3. The Balaban J connectivity index is 0. The SMILES string of the molecule is CC(C)CCCCCS[CH]([Sn][CH](SCCCCCC(C)C)C(=O)O)C(=O)O.[CH3][Sn][CH3]. The molecule has 0 saturated heterocycles. The fourth-order valence-corrected chi connectivity index (χ4v) is 11.9. The van der Waals surface area contributed by atoms with E-state index in [4.69, 9.17) is 0 Å². The van der Waals surface area contributed by atoms with Crippen LogP contribution in [0.2, 0.25) is 9.88 Å². The molecule has 2 unspecified atom stereocenters. The predicted molar refractivity (Wildman–Crippen MR) is 138 cm³/mol. The Bertz CT molecular complexity index is 388. The summed E-state index contributed by atoms with van der Waals surface area (Å²) in [6.45, 7) is 8.87. The molecule has 0 aliphatic heterocycles. The molecule has 0 heterocycles. The molecule has 0 rings (SSSR count). The van der Waals surface area contributed by atoms with Crippen LogP contribution in [0.3, 0.4) is 0 Å². The molecule has 0 amide bonds. The van der Waals surface area contributed by atoms with Crippen molar-refractivity contribution in [3.8, 4) is 0 Å². The van der Waals surface area contributed by atoms with Gasteiger partial charge in [0.25, 0.3) is 0 Å². The van der Waals surface area contributed by atoms with Crippen LogP contribution in [0.15, 0.2) is 0 Å². The number of unbranched alkanes of at least 4 members (excludes halogenated alkanes) is 4. The van der Waals surface area contributed by atoms with Crippen LogP contribution in [0.5, 0.6) is 0 Å². The maximum absolute atomic E-state index is 11.6. The van der Waals surface area contributed by atoms with Crippen LogP contribution in [-0.2, 0) is 9.59 Å². The summed E-state index contributed by atoms with van der Waals surface area (Å²) in [6.07, 6.45) is 9.16. The van der Waals surface area contributed by atoms with Crippen LogP contribution >= 0.6 is 23.5 Å². The van der Waals surface area contributed by atoms with Gasteiger partial charge in [0.1, 0.15) is 0 Å². The van der Waals surface area contributed by atoms with Crippen LogP contribution in [0.4, 0.5) is 0 Å². The fourth-order valence-electron chi connectivity index (χ4n) is 2.58. The molecule has 2 N–H and O–H groups in total. The van der Waals surface area contributed by atoms with Crippen molar-refractivity contribution in [1.29, 1.82) is 0 Å². The first-order valence-electron chi connectivity index (χ1n) is 11.2. The van der Waals surface area contributed by atoms with E-state index in [1.165, 1.54) is 49.2 Å².